The Kier molecular flexibility index (Phi) is 6.07. The Morgan fingerprint density at radius 1 is 0.818 bits per heavy atom. The Bertz CT molecular complexity index is 1200. The molecule has 0 saturated carbocycles. The van der Waals surface area contributed by atoms with Gasteiger partial charge in [0.05, 0.1) is 24.6 Å². The van der Waals surface area contributed by atoms with Crippen LogP contribution in [-0.2, 0) is 6.54 Å². The van der Waals surface area contributed by atoms with Gasteiger partial charge in [-0.3, -0.25) is 5.01 Å². The molecule has 0 bridgehead atoms. The highest BCUT2D eigenvalue weighted by Crippen LogP contribution is 2.36. The number of ether oxygens (including phenoxy) is 1. The van der Waals surface area contributed by atoms with Gasteiger partial charge in [0, 0.05) is 18.7 Å². The van der Waals surface area contributed by atoms with Crippen molar-refractivity contribution < 1.29 is 4.74 Å². The fraction of sp³-hybridized carbons (Fsp3) is 0.138. The molecule has 1 aliphatic heterocycles. The Balaban J connectivity index is 1.35. The van der Waals surface area contributed by atoms with E-state index < -0.39 is 0 Å². The molecule has 0 amide bonds. The number of hydrogen-bond acceptors (Lipinski definition) is 4. The van der Waals surface area contributed by atoms with Crippen LogP contribution in [0.25, 0.3) is 0 Å². The lowest BCUT2D eigenvalue weighted by molar-refractivity contribution is 0.415. The summed E-state index contributed by atoms with van der Waals surface area (Å²) < 4.78 is 5.23. The number of benzene rings is 4. The molecule has 1 atom stereocenters. The minimum absolute atomic E-state index is 0.185. The van der Waals surface area contributed by atoms with Crippen LogP contribution in [0.4, 0.5) is 11.4 Å². The monoisotopic (exact) mass is 433 g/mol. The summed E-state index contributed by atoms with van der Waals surface area (Å²) in [5.74, 6) is 0.860. The number of anilines is 2. The van der Waals surface area contributed by atoms with E-state index in [1.165, 1.54) is 16.7 Å². The molecule has 1 aliphatic rings. The van der Waals surface area contributed by atoms with E-state index in [9.17, 15) is 0 Å². The van der Waals surface area contributed by atoms with Crippen molar-refractivity contribution in [1.82, 2.24) is 0 Å². The molecule has 1 unspecified atom stereocenters. The minimum Gasteiger partial charge on any atom is -0.497 e. The third kappa shape index (κ3) is 4.75. The first-order chi connectivity index (χ1) is 16.3. The van der Waals surface area contributed by atoms with Crippen molar-refractivity contribution in [2.45, 2.75) is 19.0 Å². The second-order valence-corrected chi connectivity index (χ2v) is 8.14. The number of hydrazone groups is 1. The predicted octanol–water partition coefficient (Wildman–Crippen LogP) is 6.66. The van der Waals surface area contributed by atoms with Crippen molar-refractivity contribution in [3.05, 3.63) is 126 Å². The average Bonchev–Trinajstić information content (AvgIpc) is 3.35. The molecule has 0 spiro atoms. The summed E-state index contributed by atoms with van der Waals surface area (Å²) in [5, 5.41) is 10.7. The fourth-order valence-corrected chi connectivity index (χ4v) is 4.17. The Hall–Kier alpha value is -4.05. The first-order valence-electron chi connectivity index (χ1n) is 11.2. The van der Waals surface area contributed by atoms with E-state index in [0.717, 1.165) is 35.8 Å². The molecule has 4 aromatic carbocycles. The summed E-state index contributed by atoms with van der Waals surface area (Å²) in [6.45, 7) is 0.757. The van der Waals surface area contributed by atoms with Crippen molar-refractivity contribution in [2.75, 3.05) is 17.4 Å². The van der Waals surface area contributed by atoms with Gasteiger partial charge < -0.3 is 10.1 Å². The molecule has 0 aromatic heterocycles. The van der Waals surface area contributed by atoms with Crippen molar-refractivity contribution in [2.24, 2.45) is 5.10 Å². The Morgan fingerprint density at radius 3 is 2.15 bits per heavy atom. The number of hydrogen-bond donors (Lipinski definition) is 1. The zero-order valence-corrected chi connectivity index (χ0v) is 18.7. The normalized spacial score (nSPS) is 15.2. The van der Waals surface area contributed by atoms with Gasteiger partial charge >= 0.3 is 0 Å². The van der Waals surface area contributed by atoms with Gasteiger partial charge in [0.2, 0.25) is 0 Å². The average molecular weight is 434 g/mol. The minimum atomic E-state index is 0.185. The van der Waals surface area contributed by atoms with E-state index in [1.54, 1.807) is 7.11 Å². The van der Waals surface area contributed by atoms with Gasteiger partial charge in [0.25, 0.3) is 0 Å². The largest absolute Gasteiger partial charge is 0.497 e. The van der Waals surface area contributed by atoms with Gasteiger partial charge in [-0.1, -0.05) is 72.8 Å². The number of nitrogens with one attached hydrogen (secondary N) is 1. The molecule has 5 rings (SSSR count). The SMILES string of the molecule is COc1ccc(NCc2ccc(N3N=C(c4ccccc4)CC3c3ccccc3)cc2)cc1. The molecule has 4 aromatic rings. The second-order valence-electron chi connectivity index (χ2n) is 8.14. The highest BCUT2D eigenvalue weighted by molar-refractivity contribution is 6.03. The van der Waals surface area contributed by atoms with Crippen molar-refractivity contribution in [1.29, 1.82) is 0 Å². The molecular formula is C29H27N3O. The lowest BCUT2D eigenvalue weighted by Crippen LogP contribution is -2.18. The summed E-state index contributed by atoms with van der Waals surface area (Å²) in [4.78, 5) is 0. The molecule has 1 N–H and O–H groups in total. The summed E-state index contributed by atoms with van der Waals surface area (Å²) >= 11 is 0. The molecular weight excluding hydrogens is 406 g/mol. The summed E-state index contributed by atoms with van der Waals surface area (Å²) in [5.41, 5.74) is 6.97. The van der Waals surface area contributed by atoms with Crippen LogP contribution in [0.15, 0.2) is 114 Å². The maximum atomic E-state index is 5.23. The molecule has 33 heavy (non-hydrogen) atoms. The lowest BCUT2D eigenvalue weighted by Gasteiger charge is -2.24. The van der Waals surface area contributed by atoms with Crippen LogP contribution >= 0.6 is 0 Å². The van der Waals surface area contributed by atoms with E-state index in [2.05, 4.69) is 89.2 Å². The number of rotatable bonds is 7. The Labute approximate surface area is 195 Å². The van der Waals surface area contributed by atoms with Crippen LogP contribution in [0.5, 0.6) is 5.75 Å². The number of methoxy groups -OCH3 is 1. The Morgan fingerprint density at radius 2 is 1.48 bits per heavy atom. The van der Waals surface area contributed by atoms with Crippen molar-refractivity contribution >= 4 is 17.1 Å². The van der Waals surface area contributed by atoms with Gasteiger partial charge in [-0.15, -0.1) is 0 Å². The third-order valence-corrected chi connectivity index (χ3v) is 5.99. The highest BCUT2D eigenvalue weighted by Gasteiger charge is 2.29. The van der Waals surface area contributed by atoms with Crippen LogP contribution in [0, 0.1) is 0 Å². The predicted molar refractivity (Wildman–Crippen MR) is 136 cm³/mol. The molecule has 0 fully saturated rings. The van der Waals surface area contributed by atoms with Crippen LogP contribution in [0.3, 0.4) is 0 Å². The molecule has 4 nitrogen and oxygen atoms in total. The topological polar surface area (TPSA) is 36.9 Å². The van der Waals surface area contributed by atoms with Crippen LogP contribution in [0.1, 0.15) is 29.2 Å². The molecule has 4 heteroatoms. The third-order valence-electron chi connectivity index (χ3n) is 5.99. The van der Waals surface area contributed by atoms with Gasteiger partial charge in [-0.25, -0.2) is 0 Å². The maximum absolute atomic E-state index is 5.23. The van der Waals surface area contributed by atoms with E-state index in [4.69, 9.17) is 9.84 Å². The van der Waals surface area contributed by atoms with E-state index >= 15 is 0 Å². The van der Waals surface area contributed by atoms with Gasteiger partial charge in [-0.2, -0.15) is 5.10 Å². The van der Waals surface area contributed by atoms with Gasteiger partial charge in [0.15, 0.2) is 0 Å². The van der Waals surface area contributed by atoms with Gasteiger partial charge in [0.1, 0.15) is 5.75 Å². The standard InChI is InChI=1S/C29H27N3O/c1-33-27-18-14-25(15-19-27)30-21-22-12-16-26(17-13-22)32-29(24-10-6-3-7-11-24)20-28(31-32)23-8-4-2-5-9-23/h2-19,29-30H,20-21H2,1H3. The summed E-state index contributed by atoms with van der Waals surface area (Å²) in [6, 6.07) is 37.9. The van der Waals surface area contributed by atoms with Crippen LogP contribution in [0.2, 0.25) is 0 Å². The van der Waals surface area contributed by atoms with Gasteiger partial charge in [-0.05, 0) is 53.1 Å². The second kappa shape index (κ2) is 9.61. The summed E-state index contributed by atoms with van der Waals surface area (Å²) in [6.07, 6.45) is 0.884. The quantitative estimate of drug-likeness (QED) is 0.354. The smallest absolute Gasteiger partial charge is 0.119 e. The number of nitrogens with zero attached hydrogens (tertiary/aromatic N) is 2. The van der Waals surface area contributed by atoms with Crippen molar-refractivity contribution in [3.8, 4) is 5.75 Å². The summed E-state index contributed by atoms with van der Waals surface area (Å²) in [7, 11) is 1.68. The molecule has 164 valence electrons. The van der Waals surface area contributed by atoms with Crippen LogP contribution < -0.4 is 15.1 Å². The van der Waals surface area contributed by atoms with E-state index in [0.29, 0.717) is 0 Å². The molecule has 0 saturated heterocycles. The first-order valence-corrected chi connectivity index (χ1v) is 11.2. The van der Waals surface area contributed by atoms with E-state index in [1.807, 2.05) is 30.3 Å². The first kappa shape index (κ1) is 20.8. The van der Waals surface area contributed by atoms with E-state index in [-0.39, 0.29) is 6.04 Å². The zero-order chi connectivity index (χ0) is 22.5. The molecule has 1 heterocycles. The molecule has 0 radical (unpaired) electrons. The molecule has 0 aliphatic carbocycles. The van der Waals surface area contributed by atoms with Crippen molar-refractivity contribution in [3.63, 3.8) is 0 Å². The maximum Gasteiger partial charge on any atom is 0.119 e. The zero-order valence-electron chi connectivity index (χ0n) is 18.7. The lowest BCUT2D eigenvalue weighted by atomic mass is 9.98. The fourth-order valence-electron chi connectivity index (χ4n) is 4.17. The highest BCUT2D eigenvalue weighted by atomic mass is 16.5. The van der Waals surface area contributed by atoms with Crippen LogP contribution in [-0.4, -0.2) is 12.8 Å².